The number of hydrogen-bond acceptors (Lipinski definition) is 15. The molecule has 0 aromatic carbocycles. The summed E-state index contributed by atoms with van der Waals surface area (Å²) in [5.74, 6) is 0.865. The Balaban J connectivity index is 5.23. The molecule has 0 rings (SSSR count). The van der Waals surface area contributed by atoms with Crippen LogP contribution in [-0.4, -0.2) is 96.7 Å². The molecular formula is C74H144O17P2. The average Bonchev–Trinajstić information content (AvgIpc) is 1.60. The van der Waals surface area contributed by atoms with Crippen LogP contribution in [0.2, 0.25) is 0 Å². The molecule has 0 saturated carbocycles. The van der Waals surface area contributed by atoms with E-state index < -0.39 is 97.5 Å². The second-order valence-electron chi connectivity index (χ2n) is 28.6. The van der Waals surface area contributed by atoms with Crippen LogP contribution in [-0.2, 0) is 65.4 Å². The van der Waals surface area contributed by atoms with Gasteiger partial charge in [-0.05, 0) is 49.4 Å². The van der Waals surface area contributed by atoms with E-state index in [1.807, 2.05) is 0 Å². The van der Waals surface area contributed by atoms with Crippen molar-refractivity contribution in [3.8, 4) is 0 Å². The maximum absolute atomic E-state index is 13.1. The zero-order valence-electron chi connectivity index (χ0n) is 60.9. The van der Waals surface area contributed by atoms with Gasteiger partial charge < -0.3 is 33.8 Å². The molecule has 19 heteroatoms. The number of phosphoric ester groups is 2. The lowest BCUT2D eigenvalue weighted by Crippen LogP contribution is -2.30. The molecule has 93 heavy (non-hydrogen) atoms. The number of aliphatic hydroxyl groups excluding tert-OH is 1. The Labute approximate surface area is 568 Å². The van der Waals surface area contributed by atoms with E-state index in [0.717, 1.165) is 114 Å². The molecule has 0 bridgehead atoms. The van der Waals surface area contributed by atoms with E-state index in [-0.39, 0.29) is 25.7 Å². The van der Waals surface area contributed by atoms with Crippen LogP contribution in [0.15, 0.2) is 0 Å². The zero-order valence-corrected chi connectivity index (χ0v) is 62.7. The fourth-order valence-electron chi connectivity index (χ4n) is 11.2. The van der Waals surface area contributed by atoms with Crippen molar-refractivity contribution in [3.63, 3.8) is 0 Å². The number of phosphoric acid groups is 2. The van der Waals surface area contributed by atoms with Crippen LogP contribution in [0, 0.1) is 23.7 Å². The Hall–Kier alpha value is -1.94. The van der Waals surface area contributed by atoms with Gasteiger partial charge in [-0.15, -0.1) is 0 Å². The summed E-state index contributed by atoms with van der Waals surface area (Å²) in [4.78, 5) is 72.7. The van der Waals surface area contributed by atoms with E-state index >= 15 is 0 Å². The second kappa shape index (κ2) is 63.5. The van der Waals surface area contributed by atoms with Crippen LogP contribution in [0.5, 0.6) is 0 Å². The standard InChI is InChI=1S/C74H144O17P2/c1-64(2)50-42-34-26-19-15-13-11-9-10-12-14-16-22-31-40-48-56-73(78)90-69(60-84-71(76)54-46-38-30-21-18-17-20-27-35-43-51-65(3)4)62-88-92(80,81)86-58-68(75)59-87-93(82,83)89-63-70(61-85-72(77)55-47-39-33-25-29-37-45-53-67(7)8)91-74(79)57-49-41-32-24-23-28-36-44-52-66(5)6/h64-70,75H,9-63H2,1-8H3,(H,80,81)(H,82,83)/t68?,69-,70-/m1/s1. The molecule has 0 aromatic rings. The van der Waals surface area contributed by atoms with Gasteiger partial charge >= 0.3 is 39.5 Å². The summed E-state index contributed by atoms with van der Waals surface area (Å²) in [6.07, 6.45) is 47.4. The number of esters is 4. The van der Waals surface area contributed by atoms with E-state index in [0.29, 0.717) is 31.6 Å². The van der Waals surface area contributed by atoms with Crippen molar-refractivity contribution in [2.75, 3.05) is 39.6 Å². The lowest BCUT2D eigenvalue weighted by atomic mass is 10.0. The van der Waals surface area contributed by atoms with Crippen molar-refractivity contribution in [2.24, 2.45) is 23.7 Å². The van der Waals surface area contributed by atoms with Crippen molar-refractivity contribution in [2.45, 2.75) is 388 Å². The van der Waals surface area contributed by atoms with Gasteiger partial charge in [-0.3, -0.25) is 37.3 Å². The SMILES string of the molecule is CC(C)CCCCCCCCCCCCCCCCCCC(=O)O[C@H](COC(=O)CCCCCCCCCCCCC(C)C)COP(=O)(O)OCC(O)COP(=O)(O)OC[C@@H](COC(=O)CCCCCCCCCC(C)C)OC(=O)CCCCCCCCCCC(C)C. The first kappa shape index (κ1) is 91.1. The Morgan fingerprint density at radius 2 is 0.452 bits per heavy atom. The Bertz CT molecular complexity index is 1830. The zero-order chi connectivity index (χ0) is 68.9. The number of carbonyl (C=O) groups excluding carboxylic acids is 4. The van der Waals surface area contributed by atoms with Gasteiger partial charge in [-0.2, -0.15) is 0 Å². The summed E-state index contributed by atoms with van der Waals surface area (Å²) in [6, 6.07) is 0. The normalized spacial score (nSPS) is 14.2. The van der Waals surface area contributed by atoms with Crippen molar-refractivity contribution in [3.05, 3.63) is 0 Å². The largest absolute Gasteiger partial charge is 0.472 e. The number of rotatable bonds is 71. The molecule has 552 valence electrons. The Morgan fingerprint density at radius 3 is 0.667 bits per heavy atom. The molecule has 0 saturated heterocycles. The van der Waals surface area contributed by atoms with Gasteiger partial charge in [0.05, 0.1) is 26.4 Å². The summed E-state index contributed by atoms with van der Waals surface area (Å²) >= 11 is 0. The topological polar surface area (TPSA) is 237 Å². The third-order valence-corrected chi connectivity index (χ3v) is 19.0. The molecule has 3 unspecified atom stereocenters. The highest BCUT2D eigenvalue weighted by atomic mass is 31.2. The van der Waals surface area contributed by atoms with E-state index in [1.165, 1.54) is 167 Å². The maximum Gasteiger partial charge on any atom is 0.472 e. The number of unbranched alkanes of at least 4 members (excludes halogenated alkanes) is 37. The van der Waals surface area contributed by atoms with Crippen molar-refractivity contribution in [1.82, 2.24) is 0 Å². The summed E-state index contributed by atoms with van der Waals surface area (Å²) in [5, 5.41) is 10.6. The van der Waals surface area contributed by atoms with Gasteiger partial charge in [-0.25, -0.2) is 9.13 Å². The first-order valence-corrected chi connectivity index (χ1v) is 41.2. The highest BCUT2D eigenvalue weighted by Crippen LogP contribution is 2.45. The number of aliphatic hydroxyl groups is 1. The lowest BCUT2D eigenvalue weighted by Gasteiger charge is -2.21. The molecule has 0 aliphatic heterocycles. The highest BCUT2D eigenvalue weighted by molar-refractivity contribution is 7.47. The molecular weight excluding hydrogens is 1220 g/mol. The third kappa shape index (κ3) is 68.4. The predicted octanol–water partition coefficient (Wildman–Crippen LogP) is 21.3. The predicted molar refractivity (Wildman–Crippen MR) is 377 cm³/mol. The molecule has 0 amide bonds. The van der Waals surface area contributed by atoms with Gasteiger partial charge in [0.1, 0.15) is 19.3 Å². The molecule has 5 atom stereocenters. The summed E-state index contributed by atoms with van der Waals surface area (Å²) in [5.41, 5.74) is 0. The quantitative estimate of drug-likeness (QED) is 0.0222. The molecule has 0 aliphatic carbocycles. The highest BCUT2D eigenvalue weighted by Gasteiger charge is 2.30. The van der Waals surface area contributed by atoms with Gasteiger partial charge in [0.15, 0.2) is 12.2 Å². The first-order chi connectivity index (χ1) is 44.6. The summed E-state index contributed by atoms with van der Waals surface area (Å²) < 4.78 is 68.4. The molecule has 17 nitrogen and oxygen atoms in total. The van der Waals surface area contributed by atoms with Crippen LogP contribution in [0.4, 0.5) is 0 Å². The number of carbonyl (C=O) groups is 4. The fourth-order valence-corrected chi connectivity index (χ4v) is 12.8. The molecule has 0 aromatic heterocycles. The van der Waals surface area contributed by atoms with Crippen molar-refractivity contribution in [1.29, 1.82) is 0 Å². The second-order valence-corrected chi connectivity index (χ2v) is 31.5. The lowest BCUT2D eigenvalue weighted by molar-refractivity contribution is -0.161. The minimum atomic E-state index is -4.96. The molecule has 0 spiro atoms. The van der Waals surface area contributed by atoms with Crippen LogP contribution < -0.4 is 0 Å². The molecule has 0 radical (unpaired) electrons. The third-order valence-electron chi connectivity index (χ3n) is 17.1. The maximum atomic E-state index is 13.1. The van der Waals surface area contributed by atoms with E-state index in [9.17, 15) is 43.2 Å². The monoisotopic (exact) mass is 1370 g/mol. The molecule has 3 N–H and O–H groups in total. The smallest absolute Gasteiger partial charge is 0.462 e. The van der Waals surface area contributed by atoms with Gasteiger partial charge in [0.25, 0.3) is 0 Å². The summed E-state index contributed by atoms with van der Waals surface area (Å²) in [6.45, 7) is 14.1. The molecule has 0 heterocycles. The van der Waals surface area contributed by atoms with Crippen LogP contribution in [0.25, 0.3) is 0 Å². The van der Waals surface area contributed by atoms with Crippen molar-refractivity contribution < 1.29 is 80.2 Å². The van der Waals surface area contributed by atoms with Gasteiger partial charge in [0.2, 0.25) is 0 Å². The van der Waals surface area contributed by atoms with Crippen LogP contribution in [0.3, 0.4) is 0 Å². The number of ether oxygens (including phenoxy) is 4. The van der Waals surface area contributed by atoms with Gasteiger partial charge in [0, 0.05) is 25.7 Å². The minimum absolute atomic E-state index is 0.103. The van der Waals surface area contributed by atoms with Crippen LogP contribution >= 0.6 is 15.6 Å². The van der Waals surface area contributed by atoms with Crippen LogP contribution in [0.1, 0.15) is 370 Å². The Morgan fingerprint density at radius 1 is 0.269 bits per heavy atom. The minimum Gasteiger partial charge on any atom is -0.462 e. The molecule has 0 fully saturated rings. The van der Waals surface area contributed by atoms with E-state index in [1.54, 1.807) is 0 Å². The first-order valence-electron chi connectivity index (χ1n) is 38.2. The Kier molecular flexibility index (Phi) is 62.2. The fraction of sp³-hybridized carbons (Fsp3) is 0.946. The van der Waals surface area contributed by atoms with E-state index in [4.69, 9.17) is 37.0 Å². The molecule has 0 aliphatic rings. The average molecular weight is 1370 g/mol. The van der Waals surface area contributed by atoms with E-state index in [2.05, 4.69) is 55.4 Å². The summed E-state index contributed by atoms with van der Waals surface area (Å²) in [7, 11) is -9.91. The number of hydrogen-bond donors (Lipinski definition) is 3. The van der Waals surface area contributed by atoms with Gasteiger partial charge in [-0.1, -0.05) is 319 Å². The van der Waals surface area contributed by atoms with Crippen molar-refractivity contribution >= 4 is 39.5 Å².